The molecule has 1 amide bonds. The van der Waals surface area contributed by atoms with Crippen molar-refractivity contribution in [2.75, 3.05) is 14.2 Å². The van der Waals surface area contributed by atoms with Gasteiger partial charge in [0.2, 0.25) is 0 Å². The molecule has 2 unspecified atom stereocenters. The Balaban J connectivity index is 1.56. The van der Waals surface area contributed by atoms with E-state index >= 15 is 0 Å². The fourth-order valence-electron chi connectivity index (χ4n) is 4.07. The summed E-state index contributed by atoms with van der Waals surface area (Å²) in [7, 11) is 3.84. The highest BCUT2D eigenvalue weighted by Gasteiger charge is 2.39. The molecule has 1 aromatic carbocycles. The summed E-state index contributed by atoms with van der Waals surface area (Å²) < 4.78 is 10.8. The molecule has 2 aromatic rings. The molecule has 0 spiro atoms. The first-order valence-corrected chi connectivity index (χ1v) is 8.90. The second kappa shape index (κ2) is 5.76. The molecule has 1 aromatic heterocycles. The summed E-state index contributed by atoms with van der Waals surface area (Å²) in [5, 5.41) is 4.04. The number of benzene rings is 1. The molecule has 2 fully saturated rings. The number of aromatic nitrogens is 1. The Morgan fingerprint density at radius 1 is 1.35 bits per heavy atom. The Labute approximate surface area is 139 Å². The van der Waals surface area contributed by atoms with Crippen LogP contribution in [0.2, 0.25) is 0 Å². The number of amides is 1. The first-order chi connectivity index (χ1) is 11.2. The van der Waals surface area contributed by atoms with Gasteiger partial charge in [0.1, 0.15) is 5.75 Å². The molecule has 2 bridgehead atoms. The van der Waals surface area contributed by atoms with Crippen LogP contribution in [0.5, 0.6) is 5.75 Å². The predicted octanol–water partition coefficient (Wildman–Crippen LogP) is 2.66. The lowest BCUT2D eigenvalue weighted by molar-refractivity contribution is 0.0880. The van der Waals surface area contributed by atoms with E-state index in [0.29, 0.717) is 23.5 Å². The van der Waals surface area contributed by atoms with Crippen molar-refractivity contribution in [1.29, 1.82) is 0 Å². The van der Waals surface area contributed by atoms with Crippen LogP contribution in [0.15, 0.2) is 18.2 Å². The van der Waals surface area contributed by atoms with Gasteiger partial charge in [-0.25, -0.2) is 0 Å². The molecular formula is C17H21N3O2S. The van der Waals surface area contributed by atoms with Crippen molar-refractivity contribution in [1.82, 2.24) is 14.6 Å². The van der Waals surface area contributed by atoms with Crippen molar-refractivity contribution < 1.29 is 9.53 Å². The van der Waals surface area contributed by atoms with Gasteiger partial charge in [0.05, 0.1) is 17.2 Å². The Morgan fingerprint density at radius 3 is 2.78 bits per heavy atom. The lowest BCUT2D eigenvalue weighted by Crippen LogP contribution is -2.48. The van der Waals surface area contributed by atoms with Crippen LogP contribution in [0, 0.1) is 0 Å². The van der Waals surface area contributed by atoms with E-state index in [-0.39, 0.29) is 11.9 Å². The fourth-order valence-corrected chi connectivity index (χ4v) is 4.86. The van der Waals surface area contributed by atoms with Crippen molar-refractivity contribution in [2.24, 2.45) is 0 Å². The van der Waals surface area contributed by atoms with Gasteiger partial charge in [-0.3, -0.25) is 4.79 Å². The second-order valence-corrected chi connectivity index (χ2v) is 7.36. The highest BCUT2D eigenvalue weighted by molar-refractivity contribution is 7.13. The molecule has 0 radical (unpaired) electrons. The van der Waals surface area contributed by atoms with Gasteiger partial charge in [-0.15, -0.1) is 0 Å². The van der Waals surface area contributed by atoms with Crippen LogP contribution in [-0.2, 0) is 0 Å². The number of hydrogen-bond donors (Lipinski definition) is 1. The van der Waals surface area contributed by atoms with Crippen LogP contribution in [0.1, 0.15) is 36.2 Å². The molecule has 2 aliphatic heterocycles. The van der Waals surface area contributed by atoms with Crippen molar-refractivity contribution in [3.63, 3.8) is 0 Å². The zero-order chi connectivity index (χ0) is 16.0. The molecule has 5 nitrogen and oxygen atoms in total. The number of rotatable bonds is 3. The first kappa shape index (κ1) is 14.9. The molecule has 4 rings (SSSR count). The van der Waals surface area contributed by atoms with E-state index < -0.39 is 0 Å². The highest BCUT2D eigenvalue weighted by atomic mass is 32.1. The Kier molecular flexibility index (Phi) is 3.73. The lowest BCUT2D eigenvalue weighted by Gasteiger charge is -2.36. The van der Waals surface area contributed by atoms with Crippen LogP contribution < -0.4 is 10.1 Å². The fraction of sp³-hybridized carbons (Fsp3) is 0.529. The lowest BCUT2D eigenvalue weighted by atomic mass is 9.98. The Hall–Kier alpha value is -1.66. The maximum atomic E-state index is 12.7. The number of nitrogens with zero attached hydrogens (tertiary/aromatic N) is 2. The van der Waals surface area contributed by atoms with E-state index in [1.54, 1.807) is 7.11 Å². The smallest absolute Gasteiger partial charge is 0.272 e. The summed E-state index contributed by atoms with van der Waals surface area (Å²) in [5.41, 5.74) is 0.494. The molecule has 2 atom stereocenters. The van der Waals surface area contributed by atoms with E-state index in [9.17, 15) is 4.79 Å². The van der Waals surface area contributed by atoms with Crippen molar-refractivity contribution in [3.8, 4) is 5.75 Å². The second-order valence-electron chi connectivity index (χ2n) is 6.56. The average molecular weight is 331 g/mol. The predicted molar refractivity (Wildman–Crippen MR) is 91.2 cm³/mol. The largest absolute Gasteiger partial charge is 0.496 e. The van der Waals surface area contributed by atoms with Gasteiger partial charge >= 0.3 is 0 Å². The Bertz CT molecular complexity index is 731. The maximum absolute atomic E-state index is 12.7. The van der Waals surface area contributed by atoms with Gasteiger partial charge in [-0.05, 0) is 56.4 Å². The van der Waals surface area contributed by atoms with Gasteiger partial charge in [0.25, 0.3) is 5.91 Å². The normalized spacial score (nSPS) is 27.3. The van der Waals surface area contributed by atoms with Crippen LogP contribution >= 0.6 is 11.5 Å². The van der Waals surface area contributed by atoms with Gasteiger partial charge in [0.15, 0.2) is 5.69 Å². The van der Waals surface area contributed by atoms with Crippen molar-refractivity contribution in [3.05, 3.63) is 23.9 Å². The zero-order valence-electron chi connectivity index (χ0n) is 13.4. The molecular weight excluding hydrogens is 310 g/mol. The Morgan fingerprint density at radius 2 is 2.09 bits per heavy atom. The molecule has 0 aliphatic carbocycles. The van der Waals surface area contributed by atoms with Gasteiger partial charge in [-0.2, -0.15) is 4.37 Å². The number of hydrogen-bond acceptors (Lipinski definition) is 5. The number of carbonyl (C=O) groups excluding carboxylic acids is 1. The minimum Gasteiger partial charge on any atom is -0.496 e. The molecule has 2 saturated heterocycles. The summed E-state index contributed by atoms with van der Waals surface area (Å²) in [6, 6.07) is 7.25. The summed E-state index contributed by atoms with van der Waals surface area (Å²) in [5.74, 6) is 0.638. The zero-order valence-corrected chi connectivity index (χ0v) is 14.2. The molecule has 23 heavy (non-hydrogen) atoms. The minimum absolute atomic E-state index is 0.0743. The molecule has 0 saturated carbocycles. The highest BCUT2D eigenvalue weighted by Crippen LogP contribution is 2.35. The van der Waals surface area contributed by atoms with E-state index in [1.165, 1.54) is 24.4 Å². The number of methoxy groups -OCH3 is 1. The number of nitrogens with one attached hydrogen (secondary N) is 1. The van der Waals surface area contributed by atoms with Crippen molar-refractivity contribution in [2.45, 2.75) is 43.8 Å². The third-order valence-corrected chi connectivity index (χ3v) is 6.14. The number of ether oxygens (including phenoxy) is 1. The third kappa shape index (κ3) is 2.50. The third-order valence-electron chi connectivity index (χ3n) is 5.33. The number of carbonyl (C=O) groups is 1. The molecule has 2 aliphatic rings. The summed E-state index contributed by atoms with van der Waals surface area (Å²) >= 11 is 1.35. The summed E-state index contributed by atoms with van der Waals surface area (Å²) in [6.45, 7) is 0. The van der Waals surface area contributed by atoms with Crippen LogP contribution in [0.3, 0.4) is 0 Å². The van der Waals surface area contributed by atoms with Crippen LogP contribution in [0.25, 0.3) is 10.1 Å². The molecule has 6 heteroatoms. The molecule has 1 N–H and O–H groups in total. The maximum Gasteiger partial charge on any atom is 0.272 e. The monoisotopic (exact) mass is 331 g/mol. The minimum atomic E-state index is -0.0743. The number of piperidine rings is 1. The van der Waals surface area contributed by atoms with Crippen molar-refractivity contribution >= 4 is 27.5 Å². The number of fused-ring (bicyclic) bond motifs is 3. The van der Waals surface area contributed by atoms with Gasteiger partial charge < -0.3 is 15.0 Å². The molecule has 122 valence electrons. The van der Waals surface area contributed by atoms with Gasteiger partial charge in [0, 0.05) is 18.1 Å². The van der Waals surface area contributed by atoms with E-state index in [2.05, 4.69) is 21.6 Å². The van der Waals surface area contributed by atoms with E-state index in [0.717, 1.165) is 22.9 Å². The standard InChI is InChI=1S/C17H21N3O2S/c1-20-11-6-7-12(20)9-10(8-11)18-17(21)16-15-13(22-2)4-3-5-14(15)23-19-16/h3-5,10-12H,6-9H2,1-2H3,(H,18,21). The SMILES string of the molecule is COc1cccc2snc(C(=O)NC3CC4CCC(C3)N4C)c12. The topological polar surface area (TPSA) is 54.5 Å². The summed E-state index contributed by atoms with van der Waals surface area (Å²) in [4.78, 5) is 15.2. The average Bonchev–Trinajstić information content (AvgIpc) is 3.06. The van der Waals surface area contributed by atoms with Crippen LogP contribution in [0.4, 0.5) is 0 Å². The van der Waals surface area contributed by atoms with Crippen LogP contribution in [-0.4, -0.2) is 47.5 Å². The quantitative estimate of drug-likeness (QED) is 0.939. The van der Waals surface area contributed by atoms with E-state index in [1.807, 2.05) is 18.2 Å². The first-order valence-electron chi connectivity index (χ1n) is 8.12. The van der Waals surface area contributed by atoms with Gasteiger partial charge in [-0.1, -0.05) is 6.07 Å². The van der Waals surface area contributed by atoms with E-state index in [4.69, 9.17) is 4.74 Å². The molecule has 3 heterocycles. The summed E-state index contributed by atoms with van der Waals surface area (Å²) in [6.07, 6.45) is 4.58.